The summed E-state index contributed by atoms with van der Waals surface area (Å²) in [7, 11) is 0. The zero-order valence-corrected chi connectivity index (χ0v) is 12.8. The number of pyridine rings is 1. The van der Waals surface area contributed by atoms with Crippen molar-refractivity contribution in [2.75, 3.05) is 6.54 Å². The first-order valence-corrected chi connectivity index (χ1v) is 7.45. The number of hydrogen-bond donors (Lipinski definition) is 0. The summed E-state index contributed by atoms with van der Waals surface area (Å²) < 4.78 is 37.9. The van der Waals surface area contributed by atoms with Crippen molar-refractivity contribution in [1.29, 1.82) is 0 Å². The maximum atomic E-state index is 12.6. The van der Waals surface area contributed by atoms with Gasteiger partial charge in [0.25, 0.3) is 0 Å². The highest BCUT2D eigenvalue weighted by atomic mass is 19.4. The Morgan fingerprint density at radius 2 is 1.92 bits per heavy atom. The number of aromatic nitrogens is 1. The smallest absolute Gasteiger partial charge is 0.333 e. The van der Waals surface area contributed by atoms with E-state index in [0.717, 1.165) is 29.0 Å². The molecule has 3 nitrogen and oxygen atoms in total. The van der Waals surface area contributed by atoms with Crippen LogP contribution in [0, 0.1) is 0 Å². The van der Waals surface area contributed by atoms with Crippen molar-refractivity contribution in [2.45, 2.75) is 19.1 Å². The van der Waals surface area contributed by atoms with Crippen molar-refractivity contribution < 1.29 is 18.0 Å². The van der Waals surface area contributed by atoms with Gasteiger partial charge in [0.2, 0.25) is 5.91 Å². The van der Waals surface area contributed by atoms with Crippen molar-refractivity contribution in [3.8, 4) is 11.1 Å². The van der Waals surface area contributed by atoms with E-state index < -0.39 is 11.7 Å². The largest absolute Gasteiger partial charge is 0.416 e. The van der Waals surface area contributed by atoms with E-state index in [4.69, 9.17) is 0 Å². The van der Waals surface area contributed by atoms with E-state index in [9.17, 15) is 18.0 Å². The summed E-state index contributed by atoms with van der Waals surface area (Å²) in [5.74, 6) is -0.130. The van der Waals surface area contributed by atoms with Crippen molar-refractivity contribution in [2.24, 2.45) is 0 Å². The van der Waals surface area contributed by atoms with Gasteiger partial charge in [0.05, 0.1) is 17.8 Å². The maximum absolute atomic E-state index is 12.6. The Morgan fingerprint density at radius 3 is 2.54 bits per heavy atom. The number of rotatable bonds is 2. The van der Waals surface area contributed by atoms with E-state index in [1.54, 1.807) is 11.1 Å². The first-order chi connectivity index (χ1) is 11.4. The van der Waals surface area contributed by atoms with Crippen LogP contribution < -0.4 is 0 Å². The molecule has 6 heteroatoms. The fourth-order valence-corrected chi connectivity index (χ4v) is 2.74. The number of nitrogens with zero attached hydrogens (tertiary/aromatic N) is 2. The van der Waals surface area contributed by atoms with Crippen LogP contribution in [0.15, 0.2) is 49.2 Å². The summed E-state index contributed by atoms with van der Waals surface area (Å²) in [6.45, 7) is 4.48. The fraction of sp³-hybridized carbons (Fsp3) is 0.222. The van der Waals surface area contributed by atoms with Gasteiger partial charge in [0, 0.05) is 18.3 Å². The molecule has 2 heterocycles. The van der Waals surface area contributed by atoms with Crippen LogP contribution in [0.4, 0.5) is 13.2 Å². The zero-order chi connectivity index (χ0) is 17.3. The van der Waals surface area contributed by atoms with Gasteiger partial charge in [-0.15, -0.1) is 0 Å². The molecule has 1 aromatic heterocycles. The lowest BCUT2D eigenvalue weighted by atomic mass is 9.99. The molecule has 24 heavy (non-hydrogen) atoms. The summed E-state index contributed by atoms with van der Waals surface area (Å²) in [6, 6.07) is 6.96. The molecule has 0 bridgehead atoms. The van der Waals surface area contributed by atoms with Crippen LogP contribution in [0.25, 0.3) is 11.1 Å². The van der Waals surface area contributed by atoms with Crippen molar-refractivity contribution in [3.63, 3.8) is 0 Å². The van der Waals surface area contributed by atoms with Crippen molar-refractivity contribution >= 4 is 5.91 Å². The van der Waals surface area contributed by atoms with Gasteiger partial charge < -0.3 is 4.90 Å². The maximum Gasteiger partial charge on any atom is 0.416 e. The third-order valence-electron chi connectivity index (χ3n) is 4.08. The van der Waals surface area contributed by atoms with E-state index in [2.05, 4.69) is 11.6 Å². The molecule has 0 fully saturated rings. The van der Waals surface area contributed by atoms with E-state index in [1.165, 1.54) is 18.2 Å². The second-order valence-corrected chi connectivity index (χ2v) is 5.62. The molecular weight excluding hydrogens is 317 g/mol. The number of carbonyl (C=O) groups is 1. The molecule has 2 aromatic rings. The molecule has 1 aromatic carbocycles. The fourth-order valence-electron chi connectivity index (χ4n) is 2.74. The lowest BCUT2D eigenvalue weighted by molar-refractivity contribution is -0.137. The molecule has 0 saturated heterocycles. The molecule has 0 atom stereocenters. The standard InChI is InChI=1S/C18H15F3N2O/c1-2-17(24)23-8-7-13-9-14(10-22-16(13)11-23)12-3-5-15(6-4-12)18(19,20)21/h2-6,9-10H,1,7-8,11H2. The van der Waals surface area contributed by atoms with Crippen LogP contribution in [0.2, 0.25) is 0 Å². The van der Waals surface area contributed by atoms with E-state index in [0.29, 0.717) is 25.1 Å². The normalized spacial score (nSPS) is 14.2. The molecule has 0 saturated carbocycles. The van der Waals surface area contributed by atoms with Gasteiger partial charge in [-0.25, -0.2) is 0 Å². The van der Waals surface area contributed by atoms with Crippen LogP contribution in [0.1, 0.15) is 16.8 Å². The summed E-state index contributed by atoms with van der Waals surface area (Å²) in [6.07, 6.45) is -0.769. The third-order valence-corrected chi connectivity index (χ3v) is 4.08. The van der Waals surface area contributed by atoms with E-state index >= 15 is 0 Å². The van der Waals surface area contributed by atoms with Gasteiger partial charge in [-0.1, -0.05) is 18.7 Å². The second-order valence-electron chi connectivity index (χ2n) is 5.62. The average Bonchev–Trinajstić information content (AvgIpc) is 2.59. The number of hydrogen-bond acceptors (Lipinski definition) is 2. The lowest BCUT2D eigenvalue weighted by Crippen LogP contribution is -2.35. The Hall–Kier alpha value is -2.63. The lowest BCUT2D eigenvalue weighted by Gasteiger charge is -2.27. The summed E-state index contributed by atoms with van der Waals surface area (Å²) in [5.41, 5.74) is 2.61. The summed E-state index contributed by atoms with van der Waals surface area (Å²) in [5, 5.41) is 0. The minimum Gasteiger partial charge on any atom is -0.333 e. The van der Waals surface area contributed by atoms with Crippen molar-refractivity contribution in [3.05, 3.63) is 66.0 Å². The van der Waals surface area contributed by atoms with E-state index in [-0.39, 0.29) is 5.91 Å². The van der Waals surface area contributed by atoms with Gasteiger partial charge in [-0.3, -0.25) is 9.78 Å². The van der Waals surface area contributed by atoms with Crippen LogP contribution >= 0.6 is 0 Å². The van der Waals surface area contributed by atoms with Gasteiger partial charge in [-0.05, 0) is 41.8 Å². The molecule has 0 N–H and O–H groups in total. The molecule has 1 aliphatic heterocycles. The highest BCUT2D eigenvalue weighted by Gasteiger charge is 2.30. The van der Waals surface area contributed by atoms with Gasteiger partial charge in [0.1, 0.15) is 0 Å². The number of halogens is 3. The molecule has 0 radical (unpaired) electrons. The zero-order valence-electron chi connectivity index (χ0n) is 12.8. The molecule has 0 aliphatic carbocycles. The van der Waals surface area contributed by atoms with Gasteiger partial charge in [0.15, 0.2) is 0 Å². The minimum atomic E-state index is -4.34. The van der Waals surface area contributed by atoms with Crippen LogP contribution in [0.3, 0.4) is 0 Å². The van der Waals surface area contributed by atoms with Crippen LogP contribution in [0.5, 0.6) is 0 Å². The number of benzene rings is 1. The van der Waals surface area contributed by atoms with Gasteiger partial charge >= 0.3 is 6.18 Å². The number of amides is 1. The van der Waals surface area contributed by atoms with Crippen LogP contribution in [-0.4, -0.2) is 22.3 Å². The summed E-state index contributed by atoms with van der Waals surface area (Å²) >= 11 is 0. The van der Waals surface area contributed by atoms with E-state index in [1.807, 2.05) is 6.07 Å². The van der Waals surface area contributed by atoms with Gasteiger partial charge in [-0.2, -0.15) is 13.2 Å². The topological polar surface area (TPSA) is 33.2 Å². The molecular formula is C18H15F3N2O. The Kier molecular flexibility index (Phi) is 4.13. The second kappa shape index (κ2) is 6.11. The van der Waals surface area contributed by atoms with Crippen molar-refractivity contribution in [1.82, 2.24) is 9.88 Å². The SMILES string of the molecule is C=CC(=O)N1CCc2cc(-c3ccc(C(F)(F)F)cc3)cnc2C1. The molecule has 1 aliphatic rings. The Morgan fingerprint density at radius 1 is 1.21 bits per heavy atom. The predicted molar refractivity (Wildman–Crippen MR) is 84.0 cm³/mol. The predicted octanol–water partition coefficient (Wildman–Crippen LogP) is 3.84. The minimum absolute atomic E-state index is 0.130. The quantitative estimate of drug-likeness (QED) is 0.783. The molecule has 124 valence electrons. The number of alkyl halides is 3. The molecule has 3 rings (SSSR count). The third kappa shape index (κ3) is 3.18. The Labute approximate surface area is 137 Å². The highest BCUT2D eigenvalue weighted by Crippen LogP contribution is 2.31. The first-order valence-electron chi connectivity index (χ1n) is 7.45. The summed E-state index contributed by atoms with van der Waals surface area (Å²) in [4.78, 5) is 17.7. The number of carbonyl (C=O) groups excluding carboxylic acids is 1. The highest BCUT2D eigenvalue weighted by molar-refractivity contribution is 5.87. The monoisotopic (exact) mass is 332 g/mol. The molecule has 1 amide bonds. The number of fused-ring (bicyclic) bond motifs is 1. The Balaban J connectivity index is 1.85. The molecule has 0 unspecified atom stereocenters. The average molecular weight is 332 g/mol. The Bertz CT molecular complexity index is 782. The first kappa shape index (κ1) is 16.2. The molecule has 0 spiro atoms. The van der Waals surface area contributed by atoms with Crippen LogP contribution in [-0.2, 0) is 23.9 Å².